The van der Waals surface area contributed by atoms with Crippen LogP contribution in [0.4, 0.5) is 0 Å². The van der Waals surface area contributed by atoms with Crippen LogP contribution in [0.5, 0.6) is 0 Å². The highest BCUT2D eigenvalue weighted by Crippen LogP contribution is 2.68. The number of hydrogen-bond acceptors (Lipinski definition) is 6. The lowest BCUT2D eigenvalue weighted by Gasteiger charge is -2.61. The first kappa shape index (κ1) is 26.7. The van der Waals surface area contributed by atoms with E-state index in [1.807, 2.05) is 6.08 Å². The Morgan fingerprint density at radius 2 is 1.86 bits per heavy atom. The molecule has 2 aliphatic heterocycles. The van der Waals surface area contributed by atoms with Gasteiger partial charge in [0.25, 0.3) is 0 Å². The van der Waals surface area contributed by atoms with Gasteiger partial charge in [-0.2, -0.15) is 0 Å². The summed E-state index contributed by atoms with van der Waals surface area (Å²) in [6.45, 7) is 12.8. The van der Waals surface area contributed by atoms with E-state index in [-0.39, 0.29) is 29.1 Å². The zero-order valence-electron chi connectivity index (χ0n) is 23.0. The van der Waals surface area contributed by atoms with Crippen molar-refractivity contribution in [2.24, 2.45) is 34.0 Å². The molecule has 5 fully saturated rings. The van der Waals surface area contributed by atoms with E-state index < -0.39 is 23.0 Å². The van der Waals surface area contributed by atoms with E-state index in [2.05, 4.69) is 46.2 Å². The smallest absolute Gasteiger partial charge is 0.316 e. The second kappa shape index (κ2) is 9.41. The van der Waals surface area contributed by atoms with Gasteiger partial charge in [0.2, 0.25) is 0 Å². The topological polar surface area (TPSA) is 66.8 Å². The number of carbonyl (C=O) groups is 2. The Labute approximate surface area is 222 Å². The lowest BCUT2D eigenvalue weighted by molar-refractivity contribution is -0.205. The monoisotopic (exact) mass is 517 g/mol. The SMILES string of the molecule is C=C[C@]1(C)C[C@@H](OC(=O)CSC2CC3CC[C@@H](C2)N3C)[C@]2(C)[C@H](C)CC[C@]3(CCC(=O)[C@H]32)[C@@H](C)C1O. The molecule has 11 atom stereocenters. The quantitative estimate of drug-likeness (QED) is 0.397. The minimum Gasteiger partial charge on any atom is -0.461 e. The lowest BCUT2D eigenvalue weighted by Crippen LogP contribution is -2.63. The van der Waals surface area contributed by atoms with Crippen LogP contribution in [0.25, 0.3) is 0 Å². The van der Waals surface area contributed by atoms with Gasteiger partial charge >= 0.3 is 5.97 Å². The number of ether oxygens (including phenoxy) is 1. The maximum atomic E-state index is 13.5. The second-order valence-electron chi connectivity index (χ2n) is 13.5. The van der Waals surface area contributed by atoms with Crippen LogP contribution in [0.15, 0.2) is 12.7 Å². The first-order valence-corrected chi connectivity index (χ1v) is 15.4. The molecule has 0 amide bonds. The van der Waals surface area contributed by atoms with E-state index in [0.29, 0.717) is 41.7 Å². The number of aliphatic hydroxyl groups excluding tert-OH is 1. The van der Waals surface area contributed by atoms with Gasteiger partial charge in [-0.25, -0.2) is 0 Å². The summed E-state index contributed by atoms with van der Waals surface area (Å²) in [7, 11) is 2.24. The third-order valence-corrected chi connectivity index (χ3v) is 13.3. The summed E-state index contributed by atoms with van der Waals surface area (Å²) >= 11 is 1.76. The van der Waals surface area contributed by atoms with Crippen molar-refractivity contribution in [3.8, 4) is 0 Å². The van der Waals surface area contributed by atoms with Crippen LogP contribution in [-0.4, -0.2) is 64.1 Å². The van der Waals surface area contributed by atoms with Crippen molar-refractivity contribution in [2.75, 3.05) is 12.8 Å². The van der Waals surface area contributed by atoms with Crippen molar-refractivity contribution in [3.05, 3.63) is 12.7 Å². The Hall–Kier alpha value is -0.850. The molecule has 202 valence electrons. The number of hydrogen-bond donors (Lipinski definition) is 1. The van der Waals surface area contributed by atoms with E-state index in [1.54, 1.807) is 11.8 Å². The number of rotatable bonds is 5. The minimum absolute atomic E-state index is 0.00390. The molecular weight excluding hydrogens is 470 g/mol. The number of thioether (sulfide) groups is 1. The summed E-state index contributed by atoms with van der Waals surface area (Å²) in [6.07, 6.45) is 9.58. The van der Waals surface area contributed by atoms with Crippen LogP contribution in [-0.2, 0) is 14.3 Å². The average molecular weight is 518 g/mol. The van der Waals surface area contributed by atoms with E-state index in [1.165, 1.54) is 12.8 Å². The molecule has 0 aromatic rings. The lowest BCUT2D eigenvalue weighted by atomic mass is 9.44. The first-order chi connectivity index (χ1) is 17.0. The molecule has 2 saturated heterocycles. The molecule has 6 heteroatoms. The molecule has 0 aromatic carbocycles. The van der Waals surface area contributed by atoms with Crippen molar-refractivity contribution in [1.29, 1.82) is 0 Å². The molecule has 5 rings (SSSR count). The highest BCUT2D eigenvalue weighted by Gasteiger charge is 2.68. The normalized spacial score (nSPS) is 50.8. The van der Waals surface area contributed by atoms with E-state index in [9.17, 15) is 14.7 Å². The van der Waals surface area contributed by atoms with Crippen LogP contribution < -0.4 is 0 Å². The molecule has 3 aliphatic carbocycles. The maximum Gasteiger partial charge on any atom is 0.316 e. The Morgan fingerprint density at radius 1 is 1.19 bits per heavy atom. The number of carbonyl (C=O) groups excluding carboxylic acids is 2. The molecule has 5 aliphatic rings. The van der Waals surface area contributed by atoms with Gasteiger partial charge in [0.05, 0.1) is 11.9 Å². The summed E-state index contributed by atoms with van der Waals surface area (Å²) in [5, 5.41) is 12.2. The number of Topliss-reactive ketones (excluding diaryl/α,β-unsaturated/α-hetero) is 1. The molecule has 0 radical (unpaired) electrons. The predicted octanol–water partition coefficient (Wildman–Crippen LogP) is 5.25. The van der Waals surface area contributed by atoms with Gasteiger partial charge in [0.1, 0.15) is 11.9 Å². The van der Waals surface area contributed by atoms with Crippen molar-refractivity contribution in [2.45, 2.75) is 115 Å². The molecule has 4 bridgehead atoms. The second-order valence-corrected chi connectivity index (χ2v) is 14.8. The highest BCUT2D eigenvalue weighted by molar-refractivity contribution is 8.00. The average Bonchev–Trinajstić information content (AvgIpc) is 3.28. The number of fused-ring (bicyclic) bond motifs is 2. The number of nitrogens with zero attached hydrogens (tertiary/aromatic N) is 1. The third kappa shape index (κ3) is 3.95. The number of piperidine rings is 1. The Balaban J connectivity index is 1.39. The summed E-state index contributed by atoms with van der Waals surface area (Å²) in [5.41, 5.74) is -1.24. The zero-order chi connectivity index (χ0) is 26.0. The standard InChI is InChI=1S/C30H47NO4S/c1-7-28(4)16-24(35-25(33)17-36-22-14-20-8-9-21(15-22)31(20)6)29(5)18(2)10-12-30(19(3)27(28)34)13-11-23(32)26(29)30/h7,18-22,24,26-27,34H,1,8-17H2,2-6H3/t18-,19+,20+,21?,22?,24-,26+,27?,28-,29+,30+/m1/s1. The molecule has 5 nitrogen and oxygen atoms in total. The molecule has 3 unspecified atom stereocenters. The van der Waals surface area contributed by atoms with Gasteiger partial charge in [0, 0.05) is 40.5 Å². The minimum atomic E-state index is -0.619. The largest absolute Gasteiger partial charge is 0.461 e. The van der Waals surface area contributed by atoms with E-state index in [4.69, 9.17) is 4.74 Å². The molecule has 0 aromatic heterocycles. The number of ketones is 1. The van der Waals surface area contributed by atoms with Gasteiger partial charge in [0.15, 0.2) is 0 Å². The Morgan fingerprint density at radius 3 is 2.50 bits per heavy atom. The maximum absolute atomic E-state index is 13.5. The van der Waals surface area contributed by atoms with Gasteiger partial charge in [-0.15, -0.1) is 18.3 Å². The number of esters is 1. The molecular formula is C30H47NO4S. The summed E-state index contributed by atoms with van der Waals surface area (Å²) < 4.78 is 6.42. The van der Waals surface area contributed by atoms with Crippen LogP contribution in [0.1, 0.15) is 85.5 Å². The van der Waals surface area contributed by atoms with Gasteiger partial charge in [-0.3, -0.25) is 9.59 Å². The van der Waals surface area contributed by atoms with Crippen LogP contribution in [0, 0.1) is 34.0 Å². The molecule has 0 spiro atoms. The molecule has 1 N–H and O–H groups in total. The Bertz CT molecular complexity index is 895. The van der Waals surface area contributed by atoms with Gasteiger partial charge in [-0.05, 0) is 75.7 Å². The summed E-state index contributed by atoms with van der Waals surface area (Å²) in [4.78, 5) is 29.4. The predicted molar refractivity (Wildman–Crippen MR) is 145 cm³/mol. The summed E-state index contributed by atoms with van der Waals surface area (Å²) in [6, 6.07) is 1.31. The van der Waals surface area contributed by atoms with Crippen LogP contribution in [0.3, 0.4) is 0 Å². The van der Waals surface area contributed by atoms with E-state index in [0.717, 1.165) is 32.1 Å². The molecule has 2 heterocycles. The fraction of sp³-hybridized carbons (Fsp3) is 0.867. The Kier molecular flexibility index (Phi) is 6.99. The van der Waals surface area contributed by atoms with Crippen LogP contribution >= 0.6 is 11.8 Å². The highest BCUT2D eigenvalue weighted by atomic mass is 32.2. The fourth-order valence-electron chi connectivity index (χ4n) is 9.38. The molecule has 36 heavy (non-hydrogen) atoms. The third-order valence-electron chi connectivity index (χ3n) is 12.1. The summed E-state index contributed by atoms with van der Waals surface area (Å²) in [5.74, 6) is 0.605. The van der Waals surface area contributed by atoms with Crippen molar-refractivity contribution < 1.29 is 19.4 Å². The van der Waals surface area contributed by atoms with Crippen molar-refractivity contribution in [1.82, 2.24) is 4.90 Å². The van der Waals surface area contributed by atoms with Crippen LogP contribution in [0.2, 0.25) is 0 Å². The number of aliphatic hydroxyl groups is 1. The van der Waals surface area contributed by atoms with E-state index >= 15 is 0 Å². The van der Waals surface area contributed by atoms with Gasteiger partial charge < -0.3 is 14.7 Å². The van der Waals surface area contributed by atoms with Gasteiger partial charge in [-0.1, -0.05) is 33.8 Å². The first-order valence-electron chi connectivity index (χ1n) is 14.3. The van der Waals surface area contributed by atoms with Crippen molar-refractivity contribution >= 4 is 23.5 Å². The fourth-order valence-corrected chi connectivity index (χ4v) is 10.5. The van der Waals surface area contributed by atoms with Crippen molar-refractivity contribution in [3.63, 3.8) is 0 Å². The molecule has 3 saturated carbocycles. The zero-order valence-corrected chi connectivity index (χ0v) is 23.8.